The van der Waals surface area contributed by atoms with Crippen LogP contribution in [0.1, 0.15) is 25.2 Å². The maximum atomic E-state index is 4.42. The molecule has 2 aromatic rings. The van der Waals surface area contributed by atoms with Gasteiger partial charge in [-0.15, -0.1) is 0 Å². The first-order chi connectivity index (χ1) is 8.24. The van der Waals surface area contributed by atoms with E-state index in [0.29, 0.717) is 6.04 Å². The van der Waals surface area contributed by atoms with E-state index in [0.717, 1.165) is 18.9 Å². The third-order valence-electron chi connectivity index (χ3n) is 2.44. The van der Waals surface area contributed by atoms with Gasteiger partial charge in [-0.3, -0.25) is 0 Å². The van der Waals surface area contributed by atoms with Crippen LogP contribution in [0, 0.1) is 0 Å². The van der Waals surface area contributed by atoms with E-state index >= 15 is 0 Å². The van der Waals surface area contributed by atoms with Gasteiger partial charge in [0.25, 0.3) is 0 Å². The Balaban J connectivity index is 1.94. The van der Waals surface area contributed by atoms with Crippen LogP contribution in [0.4, 0.5) is 0 Å². The number of nitrogens with zero attached hydrogens (tertiary/aromatic N) is 3. The first kappa shape index (κ1) is 11.8. The molecule has 1 heterocycles. The van der Waals surface area contributed by atoms with E-state index in [1.54, 1.807) is 6.33 Å². The van der Waals surface area contributed by atoms with E-state index in [9.17, 15) is 0 Å². The van der Waals surface area contributed by atoms with Crippen LogP contribution < -0.4 is 5.32 Å². The SMILES string of the molecule is CC(C)NCc1ncn(Cc2ccccc2)n1. The highest BCUT2D eigenvalue weighted by atomic mass is 15.3. The molecule has 0 aliphatic carbocycles. The molecule has 0 saturated carbocycles. The summed E-state index contributed by atoms with van der Waals surface area (Å²) in [4.78, 5) is 4.27. The predicted molar refractivity (Wildman–Crippen MR) is 67.5 cm³/mol. The van der Waals surface area contributed by atoms with Gasteiger partial charge >= 0.3 is 0 Å². The zero-order valence-electron chi connectivity index (χ0n) is 10.3. The molecule has 90 valence electrons. The standard InChI is InChI=1S/C13H18N4/c1-11(2)14-8-13-15-10-17(16-13)9-12-6-4-3-5-7-12/h3-7,10-11,14H,8-9H2,1-2H3. The molecule has 17 heavy (non-hydrogen) atoms. The summed E-state index contributed by atoms with van der Waals surface area (Å²) in [7, 11) is 0. The molecule has 0 bridgehead atoms. The van der Waals surface area contributed by atoms with Gasteiger partial charge in [-0.25, -0.2) is 9.67 Å². The van der Waals surface area contributed by atoms with Crippen molar-refractivity contribution in [3.63, 3.8) is 0 Å². The monoisotopic (exact) mass is 230 g/mol. The van der Waals surface area contributed by atoms with Gasteiger partial charge in [0.1, 0.15) is 6.33 Å². The molecule has 0 aliphatic rings. The minimum atomic E-state index is 0.455. The molecule has 0 aliphatic heterocycles. The Morgan fingerprint density at radius 2 is 2.00 bits per heavy atom. The van der Waals surface area contributed by atoms with Crippen molar-refractivity contribution in [1.29, 1.82) is 0 Å². The first-order valence-electron chi connectivity index (χ1n) is 5.89. The Morgan fingerprint density at radius 3 is 2.71 bits per heavy atom. The van der Waals surface area contributed by atoms with Gasteiger partial charge < -0.3 is 5.32 Å². The minimum Gasteiger partial charge on any atom is -0.308 e. The van der Waals surface area contributed by atoms with Crippen molar-refractivity contribution in [2.24, 2.45) is 0 Å². The van der Waals surface area contributed by atoms with Crippen LogP contribution in [-0.2, 0) is 13.1 Å². The van der Waals surface area contributed by atoms with Crippen molar-refractivity contribution < 1.29 is 0 Å². The summed E-state index contributed by atoms with van der Waals surface area (Å²) in [5, 5.41) is 7.72. The number of rotatable bonds is 5. The summed E-state index contributed by atoms with van der Waals surface area (Å²) in [5.41, 5.74) is 1.24. The lowest BCUT2D eigenvalue weighted by atomic mass is 10.2. The number of benzene rings is 1. The number of hydrogen-bond acceptors (Lipinski definition) is 3. The summed E-state index contributed by atoms with van der Waals surface area (Å²) in [5.74, 6) is 0.842. The van der Waals surface area contributed by atoms with Crippen LogP contribution in [0.25, 0.3) is 0 Å². The minimum absolute atomic E-state index is 0.455. The van der Waals surface area contributed by atoms with E-state index < -0.39 is 0 Å². The Kier molecular flexibility index (Phi) is 3.88. The lowest BCUT2D eigenvalue weighted by Crippen LogP contribution is -2.22. The summed E-state index contributed by atoms with van der Waals surface area (Å²) in [6.45, 7) is 5.72. The lowest BCUT2D eigenvalue weighted by Gasteiger charge is -2.04. The number of hydrogen-bond donors (Lipinski definition) is 1. The van der Waals surface area contributed by atoms with Gasteiger partial charge in [-0.2, -0.15) is 5.10 Å². The van der Waals surface area contributed by atoms with Crippen LogP contribution in [0.5, 0.6) is 0 Å². The zero-order valence-corrected chi connectivity index (χ0v) is 10.3. The van der Waals surface area contributed by atoms with Gasteiger partial charge in [0.2, 0.25) is 0 Å². The summed E-state index contributed by atoms with van der Waals surface area (Å²) >= 11 is 0. The summed E-state index contributed by atoms with van der Waals surface area (Å²) in [6.07, 6.45) is 1.78. The average Bonchev–Trinajstić information content (AvgIpc) is 2.75. The highest BCUT2D eigenvalue weighted by molar-refractivity contribution is 5.14. The molecular weight excluding hydrogens is 212 g/mol. The average molecular weight is 230 g/mol. The number of aromatic nitrogens is 3. The van der Waals surface area contributed by atoms with Gasteiger partial charge in [0, 0.05) is 6.04 Å². The lowest BCUT2D eigenvalue weighted by molar-refractivity contribution is 0.565. The van der Waals surface area contributed by atoms with Gasteiger partial charge in [0.05, 0.1) is 13.1 Å². The highest BCUT2D eigenvalue weighted by Gasteiger charge is 2.02. The van der Waals surface area contributed by atoms with Gasteiger partial charge in [-0.1, -0.05) is 44.2 Å². The second-order valence-electron chi connectivity index (χ2n) is 4.38. The van der Waals surface area contributed by atoms with E-state index in [2.05, 4.69) is 41.4 Å². The Bertz CT molecular complexity index is 447. The smallest absolute Gasteiger partial charge is 0.164 e. The van der Waals surface area contributed by atoms with E-state index in [1.165, 1.54) is 5.56 Å². The first-order valence-corrected chi connectivity index (χ1v) is 5.89. The third kappa shape index (κ3) is 3.67. The zero-order chi connectivity index (χ0) is 12.1. The second-order valence-corrected chi connectivity index (χ2v) is 4.38. The third-order valence-corrected chi connectivity index (χ3v) is 2.44. The maximum absolute atomic E-state index is 4.42. The van der Waals surface area contributed by atoms with E-state index in [1.807, 2.05) is 22.9 Å². The highest BCUT2D eigenvalue weighted by Crippen LogP contribution is 2.01. The van der Waals surface area contributed by atoms with Crippen LogP contribution in [0.15, 0.2) is 36.7 Å². The summed E-state index contributed by atoms with van der Waals surface area (Å²) < 4.78 is 1.87. The fourth-order valence-corrected chi connectivity index (χ4v) is 1.56. The van der Waals surface area contributed by atoms with Crippen molar-refractivity contribution in [3.8, 4) is 0 Å². The quantitative estimate of drug-likeness (QED) is 0.852. The molecule has 4 nitrogen and oxygen atoms in total. The fourth-order valence-electron chi connectivity index (χ4n) is 1.56. The molecule has 0 spiro atoms. The number of nitrogens with one attached hydrogen (secondary N) is 1. The van der Waals surface area contributed by atoms with Crippen molar-refractivity contribution in [2.75, 3.05) is 0 Å². The molecule has 1 aromatic carbocycles. The van der Waals surface area contributed by atoms with Crippen molar-refractivity contribution >= 4 is 0 Å². The van der Waals surface area contributed by atoms with E-state index in [-0.39, 0.29) is 0 Å². The maximum Gasteiger partial charge on any atom is 0.164 e. The van der Waals surface area contributed by atoms with Crippen LogP contribution >= 0.6 is 0 Å². The predicted octanol–water partition coefficient (Wildman–Crippen LogP) is 1.82. The van der Waals surface area contributed by atoms with Crippen molar-refractivity contribution in [3.05, 3.63) is 48.0 Å². The fraction of sp³-hybridized carbons (Fsp3) is 0.385. The molecule has 0 saturated heterocycles. The molecule has 1 N–H and O–H groups in total. The van der Waals surface area contributed by atoms with Crippen LogP contribution in [-0.4, -0.2) is 20.8 Å². The second kappa shape index (κ2) is 5.59. The Labute approximate surface area is 102 Å². The van der Waals surface area contributed by atoms with Gasteiger partial charge in [0.15, 0.2) is 5.82 Å². The topological polar surface area (TPSA) is 42.7 Å². The molecular formula is C13H18N4. The molecule has 0 unspecified atom stereocenters. The molecule has 0 atom stereocenters. The van der Waals surface area contributed by atoms with Crippen LogP contribution in [0.2, 0.25) is 0 Å². The molecule has 4 heteroatoms. The van der Waals surface area contributed by atoms with Crippen LogP contribution in [0.3, 0.4) is 0 Å². The Morgan fingerprint density at radius 1 is 1.24 bits per heavy atom. The molecule has 2 rings (SSSR count). The normalized spacial score (nSPS) is 11.0. The molecule has 0 radical (unpaired) electrons. The Hall–Kier alpha value is -1.68. The molecule has 1 aromatic heterocycles. The summed E-state index contributed by atoms with van der Waals surface area (Å²) in [6, 6.07) is 10.7. The van der Waals surface area contributed by atoms with Crippen molar-refractivity contribution in [1.82, 2.24) is 20.1 Å². The molecule has 0 amide bonds. The van der Waals surface area contributed by atoms with Crippen molar-refractivity contribution in [2.45, 2.75) is 33.0 Å². The largest absolute Gasteiger partial charge is 0.308 e. The van der Waals surface area contributed by atoms with Gasteiger partial charge in [-0.05, 0) is 5.56 Å². The van der Waals surface area contributed by atoms with E-state index in [4.69, 9.17) is 0 Å². The molecule has 0 fully saturated rings.